The highest BCUT2D eigenvalue weighted by Crippen LogP contribution is 2.42. The molecule has 39 heavy (non-hydrogen) atoms. The number of benzene rings is 8. The van der Waals surface area contributed by atoms with Crippen molar-refractivity contribution in [3.8, 4) is 22.6 Å². The highest BCUT2D eigenvalue weighted by molar-refractivity contribution is 9.10. The summed E-state index contributed by atoms with van der Waals surface area (Å²) in [6.07, 6.45) is 0. The molecule has 3 heteroatoms. The standard InChI is InChI=1S/C36H19BrN2/c37-31-19-30(26-16-14-24-13-11-20-4-1-5-22-15-17-28(26)35(24)32(20)22)38-36(39-31)29-18-25-8-2-6-21-10-12-23-7-3-9-27(29)34(23)33(21)25/h1-19H. The van der Waals surface area contributed by atoms with Crippen molar-refractivity contribution < 1.29 is 0 Å². The number of hydrogen-bond donors (Lipinski definition) is 0. The van der Waals surface area contributed by atoms with E-state index in [0.29, 0.717) is 0 Å². The van der Waals surface area contributed by atoms with Gasteiger partial charge in [-0.05, 0) is 92.7 Å². The van der Waals surface area contributed by atoms with Crippen LogP contribution in [0.3, 0.4) is 0 Å². The number of nitrogens with zero attached hydrogens (tertiary/aromatic N) is 2. The van der Waals surface area contributed by atoms with Crippen LogP contribution in [-0.4, -0.2) is 9.97 Å². The van der Waals surface area contributed by atoms with E-state index < -0.39 is 0 Å². The third-order valence-electron chi connectivity index (χ3n) is 8.25. The Morgan fingerprint density at radius 3 is 1.64 bits per heavy atom. The lowest BCUT2D eigenvalue weighted by Crippen LogP contribution is -1.96. The molecule has 1 aromatic heterocycles. The fourth-order valence-corrected chi connectivity index (χ4v) is 6.97. The first-order valence-electron chi connectivity index (χ1n) is 13.1. The number of halogens is 1. The third kappa shape index (κ3) is 2.96. The normalized spacial score (nSPS) is 12.2. The molecule has 0 aliphatic heterocycles. The maximum absolute atomic E-state index is 5.22. The van der Waals surface area contributed by atoms with E-state index in [-0.39, 0.29) is 0 Å². The minimum Gasteiger partial charge on any atom is -0.228 e. The highest BCUT2D eigenvalue weighted by atomic mass is 79.9. The molecule has 0 radical (unpaired) electrons. The van der Waals surface area contributed by atoms with E-state index in [9.17, 15) is 0 Å². The maximum Gasteiger partial charge on any atom is 0.161 e. The second-order valence-electron chi connectivity index (χ2n) is 10.3. The van der Waals surface area contributed by atoms with Gasteiger partial charge in [-0.15, -0.1) is 0 Å². The van der Waals surface area contributed by atoms with Crippen molar-refractivity contribution in [3.63, 3.8) is 0 Å². The number of aromatic nitrogens is 2. The number of rotatable bonds is 2. The molecule has 0 amide bonds. The molecular formula is C36H19BrN2. The first kappa shape index (κ1) is 21.3. The Hall–Kier alpha value is -4.60. The highest BCUT2D eigenvalue weighted by Gasteiger charge is 2.18. The minimum atomic E-state index is 0.726. The summed E-state index contributed by atoms with van der Waals surface area (Å²) in [6, 6.07) is 41.6. The summed E-state index contributed by atoms with van der Waals surface area (Å²) in [5.74, 6) is 0.726. The second kappa shape index (κ2) is 7.72. The van der Waals surface area contributed by atoms with Crippen molar-refractivity contribution in [1.82, 2.24) is 9.97 Å². The average molecular weight is 559 g/mol. The van der Waals surface area contributed by atoms with E-state index >= 15 is 0 Å². The first-order valence-corrected chi connectivity index (χ1v) is 13.9. The van der Waals surface area contributed by atoms with E-state index in [4.69, 9.17) is 9.97 Å². The Kier molecular flexibility index (Phi) is 4.22. The van der Waals surface area contributed by atoms with Crippen molar-refractivity contribution in [2.45, 2.75) is 0 Å². The summed E-state index contributed by atoms with van der Waals surface area (Å²) in [6.45, 7) is 0. The summed E-state index contributed by atoms with van der Waals surface area (Å²) in [4.78, 5) is 10.1. The molecule has 0 saturated carbocycles. The fraction of sp³-hybridized carbons (Fsp3) is 0. The van der Waals surface area contributed by atoms with Gasteiger partial charge in [-0.2, -0.15) is 0 Å². The van der Waals surface area contributed by atoms with Gasteiger partial charge in [0.25, 0.3) is 0 Å². The van der Waals surface area contributed by atoms with Crippen LogP contribution in [0.25, 0.3) is 87.3 Å². The summed E-state index contributed by atoms with van der Waals surface area (Å²) < 4.78 is 0.776. The monoisotopic (exact) mass is 558 g/mol. The first-order chi connectivity index (χ1) is 19.2. The van der Waals surface area contributed by atoms with Gasteiger partial charge in [0.15, 0.2) is 5.82 Å². The van der Waals surface area contributed by atoms with Gasteiger partial charge >= 0.3 is 0 Å². The van der Waals surface area contributed by atoms with Crippen molar-refractivity contribution in [2.24, 2.45) is 0 Å². The molecule has 180 valence electrons. The van der Waals surface area contributed by atoms with Gasteiger partial charge in [0.1, 0.15) is 4.60 Å². The van der Waals surface area contributed by atoms with E-state index in [1.807, 2.05) is 6.07 Å². The average Bonchev–Trinajstić information content (AvgIpc) is 2.98. The van der Waals surface area contributed by atoms with Gasteiger partial charge in [-0.1, -0.05) is 103 Å². The zero-order valence-electron chi connectivity index (χ0n) is 20.7. The zero-order chi connectivity index (χ0) is 25.7. The van der Waals surface area contributed by atoms with Crippen LogP contribution in [0.4, 0.5) is 0 Å². The molecule has 2 nitrogen and oxygen atoms in total. The molecule has 1 heterocycles. The zero-order valence-corrected chi connectivity index (χ0v) is 22.3. The van der Waals surface area contributed by atoms with E-state index in [1.165, 1.54) is 64.6 Å². The smallest absolute Gasteiger partial charge is 0.161 e. The van der Waals surface area contributed by atoms with Crippen LogP contribution in [0.2, 0.25) is 0 Å². The second-order valence-corrected chi connectivity index (χ2v) is 11.2. The Morgan fingerprint density at radius 1 is 0.410 bits per heavy atom. The SMILES string of the molecule is Brc1cc(-c2ccc3ccc4cccc5ccc2c3c45)nc(-c2cc3cccc4ccc5cccc2c5c43)n1. The summed E-state index contributed by atoms with van der Waals surface area (Å²) >= 11 is 3.73. The van der Waals surface area contributed by atoms with Gasteiger partial charge < -0.3 is 0 Å². The van der Waals surface area contributed by atoms with E-state index in [2.05, 4.69) is 125 Å². The molecular weight excluding hydrogens is 540 g/mol. The summed E-state index contributed by atoms with van der Waals surface area (Å²) in [7, 11) is 0. The van der Waals surface area contributed by atoms with Gasteiger partial charge in [-0.25, -0.2) is 9.97 Å². The van der Waals surface area contributed by atoms with Crippen molar-refractivity contribution in [1.29, 1.82) is 0 Å². The molecule has 0 N–H and O–H groups in total. The third-order valence-corrected chi connectivity index (χ3v) is 8.65. The molecule has 8 aromatic carbocycles. The molecule has 0 spiro atoms. The van der Waals surface area contributed by atoms with Crippen LogP contribution in [0.5, 0.6) is 0 Å². The molecule has 9 aromatic rings. The van der Waals surface area contributed by atoms with E-state index in [1.54, 1.807) is 0 Å². The van der Waals surface area contributed by atoms with Gasteiger partial charge in [0, 0.05) is 11.1 Å². The van der Waals surface area contributed by atoms with Crippen LogP contribution in [-0.2, 0) is 0 Å². The Bertz CT molecular complexity index is 2390. The van der Waals surface area contributed by atoms with Crippen molar-refractivity contribution in [2.75, 3.05) is 0 Å². The van der Waals surface area contributed by atoms with E-state index in [0.717, 1.165) is 27.2 Å². The van der Waals surface area contributed by atoms with Crippen LogP contribution in [0.1, 0.15) is 0 Å². The van der Waals surface area contributed by atoms with Crippen LogP contribution < -0.4 is 0 Å². The fourth-order valence-electron chi connectivity index (χ4n) is 6.58. The quantitative estimate of drug-likeness (QED) is 0.156. The number of hydrogen-bond acceptors (Lipinski definition) is 2. The van der Waals surface area contributed by atoms with Crippen LogP contribution >= 0.6 is 15.9 Å². The Labute approximate surface area is 232 Å². The molecule has 0 fully saturated rings. The lowest BCUT2D eigenvalue weighted by Gasteiger charge is -2.16. The topological polar surface area (TPSA) is 25.8 Å². The molecule has 0 aliphatic carbocycles. The molecule has 9 rings (SSSR count). The molecule has 0 bridgehead atoms. The lowest BCUT2D eigenvalue weighted by molar-refractivity contribution is 1.16. The van der Waals surface area contributed by atoms with Gasteiger partial charge in [0.2, 0.25) is 0 Å². The predicted octanol–water partition coefficient (Wildman–Crippen LogP) is 10.4. The van der Waals surface area contributed by atoms with Crippen molar-refractivity contribution in [3.05, 3.63) is 120 Å². The summed E-state index contributed by atoms with van der Waals surface area (Å²) in [5, 5.41) is 15.0. The van der Waals surface area contributed by atoms with Crippen LogP contribution in [0, 0.1) is 0 Å². The molecule has 0 unspecified atom stereocenters. The van der Waals surface area contributed by atoms with Crippen LogP contribution in [0.15, 0.2) is 120 Å². The predicted molar refractivity (Wildman–Crippen MR) is 168 cm³/mol. The van der Waals surface area contributed by atoms with Gasteiger partial charge in [0.05, 0.1) is 5.69 Å². The largest absolute Gasteiger partial charge is 0.228 e. The minimum absolute atomic E-state index is 0.726. The molecule has 0 atom stereocenters. The summed E-state index contributed by atoms with van der Waals surface area (Å²) in [5.41, 5.74) is 3.07. The molecule has 0 saturated heterocycles. The molecule has 0 aliphatic rings. The Balaban J connectivity index is 1.35. The van der Waals surface area contributed by atoms with Gasteiger partial charge in [-0.3, -0.25) is 0 Å². The maximum atomic E-state index is 5.22. The van der Waals surface area contributed by atoms with Crippen molar-refractivity contribution >= 4 is 80.6 Å². The lowest BCUT2D eigenvalue weighted by atomic mass is 9.90. The Morgan fingerprint density at radius 2 is 0.923 bits per heavy atom.